The number of nitrogens with two attached hydrogens (primary N) is 1. The van der Waals surface area contributed by atoms with Crippen molar-refractivity contribution in [2.24, 2.45) is 5.73 Å². The summed E-state index contributed by atoms with van der Waals surface area (Å²) in [5.41, 5.74) is 5.84. The van der Waals surface area contributed by atoms with Crippen LogP contribution in [0.25, 0.3) is 0 Å². The summed E-state index contributed by atoms with van der Waals surface area (Å²) in [4.78, 5) is 0. The fourth-order valence-corrected chi connectivity index (χ4v) is 1.80. The van der Waals surface area contributed by atoms with Crippen LogP contribution in [0.2, 0.25) is 0 Å². The first-order chi connectivity index (χ1) is 5.83. The van der Waals surface area contributed by atoms with Gasteiger partial charge in [0.1, 0.15) is 0 Å². The molecule has 4 N–H and O–H groups in total. The van der Waals surface area contributed by atoms with Gasteiger partial charge in [-0.3, -0.25) is 0 Å². The Balaban J connectivity index is 2.06. The van der Waals surface area contributed by atoms with E-state index >= 15 is 0 Å². The molecule has 3 heteroatoms. The van der Waals surface area contributed by atoms with Gasteiger partial charge in [-0.1, -0.05) is 6.42 Å². The van der Waals surface area contributed by atoms with Gasteiger partial charge >= 0.3 is 0 Å². The van der Waals surface area contributed by atoms with E-state index < -0.39 is 0 Å². The summed E-state index contributed by atoms with van der Waals surface area (Å²) >= 11 is 0. The molecule has 1 aliphatic rings. The third-order valence-electron chi connectivity index (χ3n) is 2.48. The summed E-state index contributed by atoms with van der Waals surface area (Å²) in [5, 5.41) is 12.0. The van der Waals surface area contributed by atoms with Crippen molar-refractivity contribution < 1.29 is 5.11 Å². The minimum absolute atomic E-state index is 0.284. The molecule has 0 heterocycles. The molecule has 2 atom stereocenters. The first kappa shape index (κ1) is 9.96. The topological polar surface area (TPSA) is 58.3 Å². The predicted octanol–water partition coefficient (Wildman–Crippen LogP) is 0.228. The van der Waals surface area contributed by atoms with E-state index in [1.165, 1.54) is 19.3 Å². The molecule has 12 heavy (non-hydrogen) atoms. The van der Waals surface area contributed by atoms with Crippen LogP contribution in [0.1, 0.15) is 32.1 Å². The highest BCUT2D eigenvalue weighted by Crippen LogP contribution is 2.16. The Morgan fingerprint density at radius 3 is 2.92 bits per heavy atom. The van der Waals surface area contributed by atoms with E-state index in [-0.39, 0.29) is 6.61 Å². The molecule has 1 rings (SSSR count). The van der Waals surface area contributed by atoms with Gasteiger partial charge in [0.05, 0.1) is 0 Å². The number of aliphatic hydroxyl groups excluding tert-OH is 1. The number of rotatable bonds is 4. The van der Waals surface area contributed by atoms with E-state index in [0.29, 0.717) is 12.1 Å². The van der Waals surface area contributed by atoms with E-state index in [2.05, 4.69) is 5.32 Å². The van der Waals surface area contributed by atoms with Crippen LogP contribution in [-0.4, -0.2) is 30.3 Å². The van der Waals surface area contributed by atoms with E-state index in [9.17, 15) is 0 Å². The fourth-order valence-electron chi connectivity index (χ4n) is 1.80. The quantitative estimate of drug-likeness (QED) is 0.532. The summed E-state index contributed by atoms with van der Waals surface area (Å²) < 4.78 is 0. The van der Waals surface area contributed by atoms with Gasteiger partial charge in [0.15, 0.2) is 0 Å². The van der Waals surface area contributed by atoms with Crippen molar-refractivity contribution in [3.05, 3.63) is 0 Å². The molecule has 0 aliphatic heterocycles. The molecule has 1 saturated carbocycles. The van der Waals surface area contributed by atoms with Crippen LogP contribution in [0, 0.1) is 0 Å². The molecule has 1 aliphatic carbocycles. The molecule has 0 saturated heterocycles. The van der Waals surface area contributed by atoms with Crippen molar-refractivity contribution in [2.75, 3.05) is 13.2 Å². The average Bonchev–Trinajstić information content (AvgIpc) is 2.05. The summed E-state index contributed by atoms with van der Waals surface area (Å²) in [7, 11) is 0. The molecule has 0 radical (unpaired) electrons. The molecule has 0 aromatic rings. The normalized spacial score (nSPS) is 30.5. The molecule has 0 amide bonds. The van der Waals surface area contributed by atoms with Crippen LogP contribution in [0.15, 0.2) is 0 Å². The second kappa shape index (κ2) is 5.51. The lowest BCUT2D eigenvalue weighted by atomic mass is 9.91. The standard InChI is InChI=1S/C9H20N2O/c10-8-3-1-4-9(7-8)11-5-2-6-12/h8-9,11-12H,1-7,10H2. The summed E-state index contributed by atoms with van der Waals surface area (Å²) in [6.07, 6.45) is 5.63. The third-order valence-corrected chi connectivity index (χ3v) is 2.48. The lowest BCUT2D eigenvalue weighted by Gasteiger charge is -2.27. The Kier molecular flexibility index (Phi) is 4.58. The molecule has 0 aromatic heterocycles. The first-order valence-electron chi connectivity index (χ1n) is 4.92. The Bertz CT molecular complexity index is 119. The maximum Gasteiger partial charge on any atom is 0.0443 e. The van der Waals surface area contributed by atoms with Gasteiger partial charge in [0.2, 0.25) is 0 Å². The van der Waals surface area contributed by atoms with Crippen molar-refractivity contribution in [1.82, 2.24) is 5.32 Å². The van der Waals surface area contributed by atoms with Gasteiger partial charge in [-0.05, 0) is 32.2 Å². The van der Waals surface area contributed by atoms with E-state index in [1.807, 2.05) is 0 Å². The van der Waals surface area contributed by atoms with Gasteiger partial charge in [-0.25, -0.2) is 0 Å². The molecular formula is C9H20N2O. The van der Waals surface area contributed by atoms with Crippen LogP contribution >= 0.6 is 0 Å². The first-order valence-corrected chi connectivity index (χ1v) is 4.92. The van der Waals surface area contributed by atoms with Crippen molar-refractivity contribution in [2.45, 2.75) is 44.2 Å². The Morgan fingerprint density at radius 1 is 1.42 bits per heavy atom. The Morgan fingerprint density at radius 2 is 2.25 bits per heavy atom. The average molecular weight is 172 g/mol. The molecular weight excluding hydrogens is 152 g/mol. The molecule has 0 bridgehead atoms. The van der Waals surface area contributed by atoms with Crippen molar-refractivity contribution in [3.8, 4) is 0 Å². The highest BCUT2D eigenvalue weighted by Gasteiger charge is 2.17. The zero-order chi connectivity index (χ0) is 8.81. The van der Waals surface area contributed by atoms with E-state index in [1.54, 1.807) is 0 Å². The van der Waals surface area contributed by atoms with Gasteiger partial charge in [-0.2, -0.15) is 0 Å². The minimum Gasteiger partial charge on any atom is -0.396 e. The van der Waals surface area contributed by atoms with Crippen molar-refractivity contribution >= 4 is 0 Å². The zero-order valence-corrected chi connectivity index (χ0v) is 7.63. The number of hydrogen-bond acceptors (Lipinski definition) is 3. The lowest BCUT2D eigenvalue weighted by molar-refractivity contribution is 0.274. The SMILES string of the molecule is NC1CCCC(NCCCO)C1. The summed E-state index contributed by atoms with van der Waals surface area (Å²) in [6, 6.07) is 0.991. The number of nitrogens with one attached hydrogen (secondary N) is 1. The maximum absolute atomic E-state index is 8.58. The molecule has 72 valence electrons. The van der Waals surface area contributed by atoms with Gasteiger partial charge in [0.25, 0.3) is 0 Å². The van der Waals surface area contributed by atoms with E-state index in [4.69, 9.17) is 10.8 Å². The van der Waals surface area contributed by atoms with Gasteiger partial charge in [-0.15, -0.1) is 0 Å². The summed E-state index contributed by atoms with van der Waals surface area (Å²) in [5.74, 6) is 0. The third kappa shape index (κ3) is 3.52. The van der Waals surface area contributed by atoms with Gasteiger partial charge < -0.3 is 16.2 Å². The van der Waals surface area contributed by atoms with E-state index in [0.717, 1.165) is 19.4 Å². The number of aliphatic hydroxyl groups is 1. The highest BCUT2D eigenvalue weighted by atomic mass is 16.3. The largest absolute Gasteiger partial charge is 0.396 e. The molecule has 1 fully saturated rings. The van der Waals surface area contributed by atoms with Crippen LogP contribution in [0.3, 0.4) is 0 Å². The second-order valence-electron chi connectivity index (χ2n) is 3.65. The summed E-state index contributed by atoms with van der Waals surface area (Å²) in [6.45, 7) is 1.21. The zero-order valence-electron chi connectivity index (χ0n) is 7.63. The molecule has 3 nitrogen and oxygen atoms in total. The smallest absolute Gasteiger partial charge is 0.0443 e. The Hall–Kier alpha value is -0.120. The molecule has 2 unspecified atom stereocenters. The lowest BCUT2D eigenvalue weighted by Crippen LogP contribution is -2.39. The van der Waals surface area contributed by atoms with Crippen molar-refractivity contribution in [3.63, 3.8) is 0 Å². The maximum atomic E-state index is 8.58. The van der Waals surface area contributed by atoms with Crippen LogP contribution in [0.5, 0.6) is 0 Å². The second-order valence-corrected chi connectivity index (χ2v) is 3.65. The molecule has 0 spiro atoms. The van der Waals surface area contributed by atoms with Gasteiger partial charge in [0, 0.05) is 18.7 Å². The Labute approximate surface area is 74.3 Å². The number of hydrogen-bond donors (Lipinski definition) is 3. The van der Waals surface area contributed by atoms with Crippen LogP contribution in [-0.2, 0) is 0 Å². The van der Waals surface area contributed by atoms with Crippen LogP contribution in [0.4, 0.5) is 0 Å². The minimum atomic E-state index is 0.284. The van der Waals surface area contributed by atoms with Crippen molar-refractivity contribution in [1.29, 1.82) is 0 Å². The van der Waals surface area contributed by atoms with Crippen LogP contribution < -0.4 is 11.1 Å². The fraction of sp³-hybridized carbons (Fsp3) is 1.00. The predicted molar refractivity (Wildman–Crippen MR) is 49.9 cm³/mol. The highest BCUT2D eigenvalue weighted by molar-refractivity contribution is 4.79. The molecule has 0 aromatic carbocycles. The monoisotopic (exact) mass is 172 g/mol.